The monoisotopic (exact) mass is 456 g/mol. The SMILES string of the molecule is NC(=O)c1ccc2c(c1)NC(=O)C/C=C/C[C@H](NC(=O)OCc1ccccc1)c1cc-2ccn1. The van der Waals surface area contributed by atoms with Gasteiger partial charge in [-0.15, -0.1) is 0 Å². The van der Waals surface area contributed by atoms with E-state index in [-0.39, 0.29) is 24.5 Å². The molecule has 4 rings (SSSR count). The summed E-state index contributed by atoms with van der Waals surface area (Å²) in [6.07, 6.45) is 5.17. The van der Waals surface area contributed by atoms with Crippen LogP contribution in [0.5, 0.6) is 0 Å². The Morgan fingerprint density at radius 3 is 2.71 bits per heavy atom. The van der Waals surface area contributed by atoms with Gasteiger partial charge in [0.2, 0.25) is 11.8 Å². The summed E-state index contributed by atoms with van der Waals surface area (Å²) >= 11 is 0. The maximum atomic E-state index is 12.5. The molecule has 1 atom stereocenters. The normalized spacial score (nSPS) is 16.1. The highest BCUT2D eigenvalue weighted by Gasteiger charge is 2.19. The van der Waals surface area contributed by atoms with Crippen LogP contribution in [0.3, 0.4) is 0 Å². The average Bonchev–Trinajstić information content (AvgIpc) is 2.84. The summed E-state index contributed by atoms with van der Waals surface area (Å²) in [5.41, 5.74) is 9.17. The van der Waals surface area contributed by atoms with Gasteiger partial charge in [0.25, 0.3) is 0 Å². The van der Waals surface area contributed by atoms with E-state index in [0.717, 1.165) is 11.1 Å². The Hall–Kier alpha value is -4.46. The number of ether oxygens (including phenoxy) is 1. The number of aromatic nitrogens is 1. The van der Waals surface area contributed by atoms with Gasteiger partial charge in [-0.25, -0.2) is 4.79 Å². The zero-order valence-corrected chi connectivity index (χ0v) is 18.4. The van der Waals surface area contributed by atoms with Gasteiger partial charge in [-0.3, -0.25) is 14.6 Å². The van der Waals surface area contributed by atoms with Gasteiger partial charge in [-0.05, 0) is 41.8 Å². The molecule has 0 spiro atoms. The Balaban J connectivity index is 1.62. The molecule has 1 aliphatic heterocycles. The lowest BCUT2D eigenvalue weighted by atomic mass is 9.98. The van der Waals surface area contributed by atoms with Gasteiger partial charge in [-0.2, -0.15) is 0 Å². The fourth-order valence-corrected chi connectivity index (χ4v) is 3.64. The molecule has 2 aromatic carbocycles. The van der Waals surface area contributed by atoms with Crippen molar-refractivity contribution >= 4 is 23.6 Å². The van der Waals surface area contributed by atoms with Crippen LogP contribution >= 0.6 is 0 Å². The molecule has 8 heteroatoms. The second-order valence-electron chi connectivity index (χ2n) is 7.81. The number of amides is 3. The number of benzene rings is 2. The summed E-state index contributed by atoms with van der Waals surface area (Å²) in [7, 11) is 0. The van der Waals surface area contributed by atoms with E-state index in [9.17, 15) is 14.4 Å². The third kappa shape index (κ3) is 5.66. The van der Waals surface area contributed by atoms with Crippen LogP contribution in [0.2, 0.25) is 0 Å². The van der Waals surface area contributed by atoms with Crippen molar-refractivity contribution in [3.63, 3.8) is 0 Å². The lowest BCUT2D eigenvalue weighted by molar-refractivity contribution is -0.115. The number of hydrogen-bond acceptors (Lipinski definition) is 5. The van der Waals surface area contributed by atoms with Gasteiger partial charge in [0.15, 0.2) is 0 Å². The topological polar surface area (TPSA) is 123 Å². The maximum Gasteiger partial charge on any atom is 0.408 e. The molecule has 0 fully saturated rings. The number of rotatable bonds is 4. The molecule has 172 valence electrons. The number of nitrogens with one attached hydrogen (secondary N) is 2. The molecule has 8 nitrogen and oxygen atoms in total. The van der Waals surface area contributed by atoms with E-state index in [1.807, 2.05) is 42.5 Å². The Morgan fingerprint density at radius 2 is 1.91 bits per heavy atom. The van der Waals surface area contributed by atoms with Gasteiger partial charge >= 0.3 is 6.09 Å². The summed E-state index contributed by atoms with van der Waals surface area (Å²) in [5.74, 6) is -0.822. The number of primary amides is 1. The molecule has 3 aromatic rings. The molecule has 1 aromatic heterocycles. The highest BCUT2D eigenvalue weighted by molar-refractivity contribution is 6.00. The minimum absolute atomic E-state index is 0.132. The van der Waals surface area contributed by atoms with Gasteiger partial charge in [-0.1, -0.05) is 48.6 Å². The third-order valence-electron chi connectivity index (χ3n) is 5.37. The molecule has 0 saturated heterocycles. The molecular weight excluding hydrogens is 432 g/mol. The minimum Gasteiger partial charge on any atom is -0.445 e. The summed E-state index contributed by atoms with van der Waals surface area (Å²) in [5, 5.41) is 5.72. The van der Waals surface area contributed by atoms with Crippen LogP contribution in [0.15, 0.2) is 79.0 Å². The molecule has 34 heavy (non-hydrogen) atoms. The van der Waals surface area contributed by atoms with Crippen LogP contribution in [0, 0.1) is 0 Å². The van der Waals surface area contributed by atoms with Crippen LogP contribution in [0.25, 0.3) is 11.1 Å². The molecular formula is C26H24N4O4. The van der Waals surface area contributed by atoms with E-state index in [1.54, 1.807) is 36.5 Å². The number of carbonyl (C=O) groups excluding carboxylic acids is 3. The molecule has 2 bridgehead atoms. The third-order valence-corrected chi connectivity index (χ3v) is 5.37. The minimum atomic E-state index is -0.586. The summed E-state index contributed by atoms with van der Waals surface area (Å²) in [6, 6.07) is 17.5. The molecule has 1 aliphatic rings. The second-order valence-corrected chi connectivity index (χ2v) is 7.81. The first-order valence-corrected chi connectivity index (χ1v) is 10.8. The highest BCUT2D eigenvalue weighted by atomic mass is 16.5. The predicted octanol–water partition coefficient (Wildman–Crippen LogP) is 4.10. The predicted molar refractivity (Wildman–Crippen MR) is 128 cm³/mol. The molecule has 0 aliphatic carbocycles. The molecule has 2 heterocycles. The van der Waals surface area contributed by atoms with E-state index < -0.39 is 18.0 Å². The summed E-state index contributed by atoms with van der Waals surface area (Å²) < 4.78 is 5.37. The molecule has 4 N–H and O–H groups in total. The van der Waals surface area contributed by atoms with Crippen molar-refractivity contribution in [2.24, 2.45) is 5.73 Å². The van der Waals surface area contributed by atoms with Crippen LogP contribution in [-0.2, 0) is 16.1 Å². The maximum absolute atomic E-state index is 12.5. The number of hydrogen-bond donors (Lipinski definition) is 3. The van der Waals surface area contributed by atoms with Gasteiger partial charge in [0, 0.05) is 29.4 Å². The van der Waals surface area contributed by atoms with Crippen molar-refractivity contribution in [3.8, 4) is 11.1 Å². The fourth-order valence-electron chi connectivity index (χ4n) is 3.64. The Morgan fingerprint density at radius 1 is 1.09 bits per heavy atom. The number of nitrogens with two attached hydrogens (primary N) is 1. The smallest absolute Gasteiger partial charge is 0.408 e. The van der Waals surface area contributed by atoms with E-state index in [1.165, 1.54) is 0 Å². The first-order valence-electron chi connectivity index (χ1n) is 10.8. The zero-order valence-electron chi connectivity index (χ0n) is 18.4. The number of pyridine rings is 1. The Bertz CT molecular complexity index is 1240. The first kappa shape index (κ1) is 22.7. The van der Waals surface area contributed by atoms with Crippen molar-refractivity contribution in [3.05, 3.63) is 95.8 Å². The van der Waals surface area contributed by atoms with Crippen LogP contribution in [0.4, 0.5) is 10.5 Å². The van der Waals surface area contributed by atoms with Gasteiger partial charge in [0.1, 0.15) is 6.61 Å². The molecule has 0 radical (unpaired) electrons. The fraction of sp³-hybridized carbons (Fsp3) is 0.154. The number of fused-ring (bicyclic) bond motifs is 4. The number of anilines is 1. The number of alkyl carbamates (subject to hydrolysis) is 1. The van der Waals surface area contributed by atoms with Crippen molar-refractivity contribution in [1.29, 1.82) is 0 Å². The molecule has 0 saturated carbocycles. The van der Waals surface area contributed by atoms with Crippen molar-refractivity contribution < 1.29 is 19.1 Å². The Kier molecular flexibility index (Phi) is 6.98. The van der Waals surface area contributed by atoms with Crippen LogP contribution in [0.1, 0.15) is 40.5 Å². The first-order chi connectivity index (χ1) is 16.5. The standard InChI is InChI=1S/C26H24N4O4/c27-25(32)19-10-11-20-18-12-13-28-23(14-18)21(8-4-5-9-24(31)29-22(20)15-19)30-26(33)34-16-17-6-2-1-3-7-17/h1-7,10-15,21H,8-9,16H2,(H2,27,32)(H,29,31)(H,30,33)/b5-4+/t21-/m0/s1. The van der Waals surface area contributed by atoms with Crippen molar-refractivity contribution in [2.75, 3.05) is 5.32 Å². The quantitative estimate of drug-likeness (QED) is 0.510. The molecule has 0 unspecified atom stereocenters. The lowest BCUT2D eigenvalue weighted by Crippen LogP contribution is -2.29. The summed E-state index contributed by atoms with van der Waals surface area (Å²) in [4.78, 5) is 41.1. The van der Waals surface area contributed by atoms with Gasteiger partial charge in [0.05, 0.1) is 11.7 Å². The largest absolute Gasteiger partial charge is 0.445 e. The Labute approximate surface area is 196 Å². The lowest BCUT2D eigenvalue weighted by Gasteiger charge is -2.19. The van der Waals surface area contributed by atoms with Crippen LogP contribution < -0.4 is 16.4 Å². The van der Waals surface area contributed by atoms with Crippen molar-refractivity contribution in [2.45, 2.75) is 25.5 Å². The van der Waals surface area contributed by atoms with Crippen LogP contribution in [-0.4, -0.2) is 22.9 Å². The highest BCUT2D eigenvalue weighted by Crippen LogP contribution is 2.31. The van der Waals surface area contributed by atoms with E-state index in [2.05, 4.69) is 15.6 Å². The van der Waals surface area contributed by atoms with Gasteiger partial charge < -0.3 is 21.1 Å². The van der Waals surface area contributed by atoms with E-state index in [4.69, 9.17) is 10.5 Å². The number of nitrogens with zero attached hydrogens (tertiary/aromatic N) is 1. The summed E-state index contributed by atoms with van der Waals surface area (Å²) in [6.45, 7) is 0.151. The number of carbonyl (C=O) groups is 3. The molecule has 3 amide bonds. The van der Waals surface area contributed by atoms with E-state index >= 15 is 0 Å². The second kappa shape index (κ2) is 10.4. The van der Waals surface area contributed by atoms with Crippen molar-refractivity contribution in [1.82, 2.24) is 10.3 Å². The zero-order chi connectivity index (χ0) is 23.9. The average molecular weight is 457 g/mol. The van der Waals surface area contributed by atoms with E-state index in [0.29, 0.717) is 23.4 Å².